The van der Waals surface area contributed by atoms with Crippen LogP contribution in [-0.2, 0) is 14.8 Å². The average Bonchev–Trinajstić information content (AvgIpc) is 2.64. The van der Waals surface area contributed by atoms with Gasteiger partial charge in [-0.3, -0.25) is 4.79 Å². The van der Waals surface area contributed by atoms with E-state index >= 15 is 0 Å². The topological polar surface area (TPSA) is 103 Å². The van der Waals surface area contributed by atoms with E-state index in [1.165, 1.54) is 18.3 Å². The highest BCUT2D eigenvalue weighted by molar-refractivity contribution is 7.89. The molecule has 1 fully saturated rings. The third-order valence-electron chi connectivity index (χ3n) is 2.72. The van der Waals surface area contributed by atoms with Crippen LogP contribution < -0.4 is 5.32 Å². The molecule has 100 valence electrons. The van der Waals surface area contributed by atoms with Gasteiger partial charge in [0.05, 0.1) is 6.54 Å². The van der Waals surface area contributed by atoms with Crippen molar-refractivity contribution in [2.45, 2.75) is 11.3 Å². The molecule has 0 atom stereocenters. The van der Waals surface area contributed by atoms with Gasteiger partial charge < -0.3 is 5.32 Å². The lowest BCUT2D eigenvalue weighted by molar-refractivity contribution is -0.120. The number of carbonyl (C=O) groups is 1. The second-order valence-electron chi connectivity index (χ2n) is 4.00. The van der Waals surface area contributed by atoms with E-state index in [0.717, 1.165) is 4.31 Å². The first-order valence-corrected chi connectivity index (χ1v) is 7.11. The predicted molar refractivity (Wildman–Crippen MR) is 65.3 cm³/mol. The van der Waals surface area contributed by atoms with Crippen molar-refractivity contribution < 1.29 is 13.2 Å². The number of rotatable bonds is 2. The molecule has 0 aromatic carbocycles. The van der Waals surface area contributed by atoms with E-state index in [4.69, 9.17) is 5.26 Å². The fourth-order valence-corrected chi connectivity index (χ4v) is 3.33. The quantitative estimate of drug-likeness (QED) is 0.784. The number of hydrogen-bond donors (Lipinski definition) is 1. The average molecular weight is 280 g/mol. The fraction of sp³-hybridized carbons (Fsp3) is 0.364. The lowest BCUT2D eigenvalue weighted by Crippen LogP contribution is -2.37. The van der Waals surface area contributed by atoms with Gasteiger partial charge in [-0.15, -0.1) is 0 Å². The largest absolute Gasteiger partial charge is 0.355 e. The molecule has 19 heavy (non-hydrogen) atoms. The first-order valence-electron chi connectivity index (χ1n) is 5.67. The molecular formula is C11H12N4O3S. The number of carbonyl (C=O) groups excluding carboxylic acids is 1. The summed E-state index contributed by atoms with van der Waals surface area (Å²) in [5, 5.41) is 11.5. The third-order valence-corrected chi connectivity index (χ3v) is 4.60. The minimum Gasteiger partial charge on any atom is -0.355 e. The zero-order valence-corrected chi connectivity index (χ0v) is 10.9. The van der Waals surface area contributed by atoms with Gasteiger partial charge >= 0.3 is 0 Å². The van der Waals surface area contributed by atoms with E-state index in [-0.39, 0.29) is 29.6 Å². The molecule has 2 rings (SSSR count). The van der Waals surface area contributed by atoms with Crippen molar-refractivity contribution in [3.05, 3.63) is 24.0 Å². The summed E-state index contributed by atoms with van der Waals surface area (Å²) in [6.07, 6.45) is 1.89. The van der Waals surface area contributed by atoms with Gasteiger partial charge in [0.2, 0.25) is 15.9 Å². The van der Waals surface area contributed by atoms with Crippen LogP contribution in [-0.4, -0.2) is 43.2 Å². The summed E-state index contributed by atoms with van der Waals surface area (Å²) in [7, 11) is -3.87. The zero-order chi connectivity index (χ0) is 13.9. The first-order chi connectivity index (χ1) is 9.05. The number of hydrogen-bond acceptors (Lipinski definition) is 5. The van der Waals surface area contributed by atoms with Crippen LogP contribution >= 0.6 is 0 Å². The molecule has 0 saturated carbocycles. The number of nitrogens with zero attached hydrogens (tertiary/aromatic N) is 3. The molecule has 0 bridgehead atoms. The van der Waals surface area contributed by atoms with E-state index < -0.39 is 10.0 Å². The highest BCUT2D eigenvalue weighted by Crippen LogP contribution is 2.18. The SMILES string of the molecule is N#Cc1ncccc1S(=O)(=O)N1CCCNC(=O)C1. The third kappa shape index (κ3) is 2.72. The minimum atomic E-state index is -3.87. The Labute approximate surface area is 110 Å². The summed E-state index contributed by atoms with van der Waals surface area (Å²) in [6, 6.07) is 4.52. The van der Waals surface area contributed by atoms with Crippen LogP contribution in [0.3, 0.4) is 0 Å². The Morgan fingerprint density at radius 1 is 1.47 bits per heavy atom. The normalized spacial score (nSPS) is 17.3. The molecule has 1 aliphatic rings. The lowest BCUT2D eigenvalue weighted by atomic mass is 10.4. The summed E-state index contributed by atoms with van der Waals surface area (Å²) >= 11 is 0. The Morgan fingerprint density at radius 3 is 3.00 bits per heavy atom. The summed E-state index contributed by atoms with van der Waals surface area (Å²) < 4.78 is 25.9. The molecule has 1 aromatic rings. The summed E-state index contributed by atoms with van der Waals surface area (Å²) in [5.74, 6) is -0.344. The maximum atomic E-state index is 12.4. The van der Waals surface area contributed by atoms with Crippen LogP contribution in [0.4, 0.5) is 0 Å². The van der Waals surface area contributed by atoms with E-state index in [0.29, 0.717) is 13.0 Å². The Morgan fingerprint density at radius 2 is 2.26 bits per heavy atom. The van der Waals surface area contributed by atoms with Crippen LogP contribution in [0.25, 0.3) is 0 Å². The number of sulfonamides is 1. The van der Waals surface area contributed by atoms with Crippen molar-refractivity contribution in [3.63, 3.8) is 0 Å². The number of aromatic nitrogens is 1. The molecule has 2 heterocycles. The van der Waals surface area contributed by atoms with Gasteiger partial charge in [-0.25, -0.2) is 13.4 Å². The highest BCUT2D eigenvalue weighted by atomic mass is 32.2. The molecule has 0 unspecified atom stereocenters. The first kappa shape index (κ1) is 13.5. The smallest absolute Gasteiger partial charge is 0.246 e. The molecule has 1 aromatic heterocycles. The molecule has 0 aliphatic carbocycles. The van der Waals surface area contributed by atoms with Crippen molar-refractivity contribution in [1.29, 1.82) is 5.26 Å². The van der Waals surface area contributed by atoms with Gasteiger partial charge in [0.15, 0.2) is 5.69 Å². The fourth-order valence-electron chi connectivity index (χ4n) is 1.81. The zero-order valence-electron chi connectivity index (χ0n) is 10.0. The van der Waals surface area contributed by atoms with Crippen molar-refractivity contribution in [1.82, 2.24) is 14.6 Å². The van der Waals surface area contributed by atoms with Gasteiger partial charge in [0, 0.05) is 19.3 Å². The van der Waals surface area contributed by atoms with Crippen LogP contribution in [0.1, 0.15) is 12.1 Å². The van der Waals surface area contributed by atoms with Crippen molar-refractivity contribution >= 4 is 15.9 Å². The van der Waals surface area contributed by atoms with Crippen LogP contribution in [0.2, 0.25) is 0 Å². The minimum absolute atomic E-state index is 0.160. The van der Waals surface area contributed by atoms with Crippen molar-refractivity contribution in [2.75, 3.05) is 19.6 Å². The molecule has 1 N–H and O–H groups in total. The lowest BCUT2D eigenvalue weighted by Gasteiger charge is -2.18. The monoisotopic (exact) mass is 280 g/mol. The molecule has 0 radical (unpaired) electrons. The molecule has 7 nitrogen and oxygen atoms in total. The number of pyridine rings is 1. The summed E-state index contributed by atoms with van der Waals surface area (Å²) in [4.78, 5) is 15.0. The number of amides is 1. The van der Waals surface area contributed by atoms with Crippen molar-refractivity contribution in [2.24, 2.45) is 0 Å². The van der Waals surface area contributed by atoms with Gasteiger partial charge in [-0.05, 0) is 18.6 Å². The predicted octanol–water partition coefficient (Wildman–Crippen LogP) is -0.536. The molecule has 1 amide bonds. The van der Waals surface area contributed by atoms with Crippen LogP contribution in [0.15, 0.2) is 23.2 Å². The molecule has 1 saturated heterocycles. The highest BCUT2D eigenvalue weighted by Gasteiger charge is 2.30. The van der Waals surface area contributed by atoms with Gasteiger partial charge in [0.25, 0.3) is 0 Å². The van der Waals surface area contributed by atoms with Crippen LogP contribution in [0.5, 0.6) is 0 Å². The van der Waals surface area contributed by atoms with Crippen molar-refractivity contribution in [3.8, 4) is 6.07 Å². The van der Waals surface area contributed by atoms with Gasteiger partial charge in [0.1, 0.15) is 11.0 Å². The Bertz CT molecular complexity index is 636. The summed E-state index contributed by atoms with van der Waals surface area (Å²) in [6.45, 7) is 0.450. The Hall–Kier alpha value is -1.98. The second-order valence-corrected chi connectivity index (χ2v) is 5.91. The number of nitriles is 1. The Kier molecular flexibility index (Phi) is 3.78. The molecule has 0 spiro atoms. The molecule has 8 heteroatoms. The van der Waals surface area contributed by atoms with Gasteiger partial charge in [-0.2, -0.15) is 9.57 Å². The van der Waals surface area contributed by atoms with E-state index in [9.17, 15) is 13.2 Å². The maximum absolute atomic E-state index is 12.4. The Balaban J connectivity index is 2.42. The molecule has 1 aliphatic heterocycles. The number of nitrogens with one attached hydrogen (secondary N) is 1. The summed E-state index contributed by atoms with van der Waals surface area (Å²) in [5.41, 5.74) is -0.160. The maximum Gasteiger partial charge on any atom is 0.246 e. The molecular weight excluding hydrogens is 268 g/mol. The van der Waals surface area contributed by atoms with E-state index in [1.807, 2.05) is 0 Å². The van der Waals surface area contributed by atoms with E-state index in [1.54, 1.807) is 6.07 Å². The van der Waals surface area contributed by atoms with E-state index in [2.05, 4.69) is 10.3 Å². The van der Waals surface area contributed by atoms with Gasteiger partial charge in [-0.1, -0.05) is 0 Å². The van der Waals surface area contributed by atoms with Crippen LogP contribution in [0, 0.1) is 11.3 Å². The standard InChI is InChI=1S/C11H12N4O3S/c12-7-9-10(3-1-4-13-9)19(17,18)15-6-2-5-14-11(16)8-15/h1,3-4H,2,5-6,8H2,(H,14,16). The second kappa shape index (κ2) is 5.34.